The normalized spacial score (nSPS) is 11.1. The fraction of sp³-hybridized carbons (Fsp3) is 0.143. The number of aromatic nitrogens is 4. The second kappa shape index (κ2) is 6.57. The number of rotatable bonds is 3. The number of hydrogen-bond donors (Lipinski definition) is 1. The van der Waals surface area contributed by atoms with Crippen LogP contribution >= 0.6 is 15.9 Å². The zero-order valence-electron chi connectivity index (χ0n) is 14.9. The summed E-state index contributed by atoms with van der Waals surface area (Å²) in [6.07, 6.45) is 0. The summed E-state index contributed by atoms with van der Waals surface area (Å²) >= 11 is 3.48. The molecule has 2 heterocycles. The Morgan fingerprint density at radius 1 is 0.923 bits per heavy atom. The molecule has 0 fully saturated rings. The Morgan fingerprint density at radius 3 is 2.31 bits per heavy atom. The molecule has 0 aliphatic heterocycles. The SMILES string of the molecule is Cc1nn(-c2ccc(Br)cc2)c(C)c1-c1nc(-c2ccccc2)c(C)[nH]1. The summed E-state index contributed by atoms with van der Waals surface area (Å²) in [7, 11) is 0. The molecule has 0 spiro atoms. The number of imidazole rings is 1. The van der Waals surface area contributed by atoms with Gasteiger partial charge in [-0.1, -0.05) is 46.3 Å². The Kier molecular flexibility index (Phi) is 4.24. The molecule has 2 aromatic heterocycles. The second-order valence-electron chi connectivity index (χ2n) is 6.36. The van der Waals surface area contributed by atoms with Gasteiger partial charge in [0, 0.05) is 15.7 Å². The van der Waals surface area contributed by atoms with E-state index in [0.29, 0.717) is 0 Å². The molecular weight excluding hydrogens is 388 g/mol. The van der Waals surface area contributed by atoms with Gasteiger partial charge >= 0.3 is 0 Å². The molecule has 2 aromatic carbocycles. The summed E-state index contributed by atoms with van der Waals surface area (Å²) in [4.78, 5) is 8.32. The van der Waals surface area contributed by atoms with E-state index in [1.165, 1.54) is 0 Å². The first-order valence-corrected chi connectivity index (χ1v) is 9.28. The van der Waals surface area contributed by atoms with Crippen molar-refractivity contribution in [2.24, 2.45) is 0 Å². The molecule has 5 heteroatoms. The van der Waals surface area contributed by atoms with Crippen LogP contribution < -0.4 is 0 Å². The van der Waals surface area contributed by atoms with E-state index in [1.807, 2.05) is 41.9 Å². The van der Waals surface area contributed by atoms with Crippen LogP contribution in [0, 0.1) is 20.8 Å². The van der Waals surface area contributed by atoms with E-state index >= 15 is 0 Å². The van der Waals surface area contributed by atoms with Crippen LogP contribution in [0.5, 0.6) is 0 Å². The van der Waals surface area contributed by atoms with Crippen molar-refractivity contribution in [2.75, 3.05) is 0 Å². The summed E-state index contributed by atoms with van der Waals surface area (Å²) in [5.74, 6) is 0.861. The minimum absolute atomic E-state index is 0.861. The second-order valence-corrected chi connectivity index (χ2v) is 7.27. The maximum absolute atomic E-state index is 4.88. The van der Waals surface area contributed by atoms with Crippen molar-refractivity contribution in [1.29, 1.82) is 0 Å². The first kappa shape index (κ1) is 16.8. The number of halogens is 1. The van der Waals surface area contributed by atoms with Gasteiger partial charge in [0.15, 0.2) is 0 Å². The van der Waals surface area contributed by atoms with Crippen LogP contribution in [-0.4, -0.2) is 19.7 Å². The number of benzene rings is 2. The standard InChI is InChI=1S/C21H19BrN4/c1-13-19(15(3)26(25-13)18-11-9-17(22)10-12-18)21-23-14(2)20(24-21)16-7-5-4-6-8-16/h4-12H,1-3H3,(H,23,24). The highest BCUT2D eigenvalue weighted by Gasteiger charge is 2.19. The van der Waals surface area contributed by atoms with Gasteiger partial charge in [0.05, 0.1) is 28.3 Å². The van der Waals surface area contributed by atoms with Crippen molar-refractivity contribution in [3.8, 4) is 28.3 Å². The van der Waals surface area contributed by atoms with Crippen LogP contribution in [-0.2, 0) is 0 Å². The van der Waals surface area contributed by atoms with E-state index < -0.39 is 0 Å². The third kappa shape index (κ3) is 2.88. The fourth-order valence-electron chi connectivity index (χ4n) is 3.27. The predicted molar refractivity (Wildman–Crippen MR) is 108 cm³/mol. The van der Waals surface area contributed by atoms with Crippen molar-refractivity contribution < 1.29 is 0 Å². The number of H-pyrrole nitrogens is 1. The van der Waals surface area contributed by atoms with Crippen LogP contribution in [0.1, 0.15) is 17.1 Å². The summed E-state index contributed by atoms with van der Waals surface area (Å²) in [5, 5.41) is 4.74. The van der Waals surface area contributed by atoms with Gasteiger partial charge < -0.3 is 4.98 Å². The number of aryl methyl sites for hydroxylation is 2. The molecule has 0 atom stereocenters. The number of hydrogen-bond acceptors (Lipinski definition) is 2. The molecule has 1 N–H and O–H groups in total. The van der Waals surface area contributed by atoms with Gasteiger partial charge in [-0.05, 0) is 45.0 Å². The number of nitrogens with zero attached hydrogens (tertiary/aromatic N) is 3. The molecule has 0 radical (unpaired) electrons. The molecule has 0 aliphatic carbocycles. The van der Waals surface area contributed by atoms with E-state index in [-0.39, 0.29) is 0 Å². The molecule has 4 aromatic rings. The molecule has 0 bridgehead atoms. The molecule has 0 aliphatic rings. The van der Waals surface area contributed by atoms with Crippen LogP contribution in [0.25, 0.3) is 28.3 Å². The third-order valence-corrected chi connectivity index (χ3v) is 5.06. The van der Waals surface area contributed by atoms with Gasteiger partial charge in [-0.2, -0.15) is 5.10 Å². The molecule has 26 heavy (non-hydrogen) atoms. The highest BCUT2D eigenvalue weighted by atomic mass is 79.9. The van der Waals surface area contributed by atoms with Crippen LogP contribution in [0.3, 0.4) is 0 Å². The smallest absolute Gasteiger partial charge is 0.142 e. The first-order chi connectivity index (χ1) is 12.5. The van der Waals surface area contributed by atoms with Crippen molar-refractivity contribution >= 4 is 15.9 Å². The van der Waals surface area contributed by atoms with E-state index in [9.17, 15) is 0 Å². The molecular formula is C21H19BrN4. The summed E-state index contributed by atoms with van der Waals surface area (Å²) in [5.41, 5.74) is 7.27. The molecule has 130 valence electrons. The lowest BCUT2D eigenvalue weighted by atomic mass is 10.1. The Hall–Kier alpha value is -2.66. The molecule has 4 nitrogen and oxygen atoms in total. The van der Waals surface area contributed by atoms with Gasteiger partial charge in [-0.15, -0.1) is 0 Å². The van der Waals surface area contributed by atoms with Crippen molar-refractivity contribution in [1.82, 2.24) is 19.7 Å². The Bertz CT molecular complexity index is 1060. The average Bonchev–Trinajstić information content (AvgIpc) is 3.16. The van der Waals surface area contributed by atoms with Crippen molar-refractivity contribution in [2.45, 2.75) is 20.8 Å². The van der Waals surface area contributed by atoms with Crippen molar-refractivity contribution in [3.05, 3.63) is 76.2 Å². The largest absolute Gasteiger partial charge is 0.341 e. The number of nitrogens with one attached hydrogen (secondary N) is 1. The van der Waals surface area contributed by atoms with Gasteiger partial charge in [0.1, 0.15) is 5.82 Å². The van der Waals surface area contributed by atoms with Crippen LogP contribution in [0.15, 0.2) is 59.1 Å². The maximum atomic E-state index is 4.88. The lowest BCUT2D eigenvalue weighted by Gasteiger charge is -2.05. The first-order valence-electron chi connectivity index (χ1n) is 8.49. The van der Waals surface area contributed by atoms with Gasteiger partial charge in [-0.3, -0.25) is 0 Å². The monoisotopic (exact) mass is 406 g/mol. The maximum Gasteiger partial charge on any atom is 0.142 e. The van der Waals surface area contributed by atoms with E-state index in [2.05, 4.69) is 59.0 Å². The topological polar surface area (TPSA) is 46.5 Å². The third-order valence-electron chi connectivity index (χ3n) is 4.53. The lowest BCUT2D eigenvalue weighted by molar-refractivity contribution is 0.833. The zero-order chi connectivity index (χ0) is 18.3. The Labute approximate surface area is 161 Å². The summed E-state index contributed by atoms with van der Waals surface area (Å²) in [6, 6.07) is 18.4. The van der Waals surface area contributed by atoms with Gasteiger partial charge in [0.2, 0.25) is 0 Å². The minimum atomic E-state index is 0.861. The minimum Gasteiger partial charge on any atom is -0.341 e. The highest BCUT2D eigenvalue weighted by molar-refractivity contribution is 9.10. The van der Waals surface area contributed by atoms with E-state index in [0.717, 1.165) is 49.9 Å². The predicted octanol–water partition coefficient (Wildman–Crippen LogP) is 5.62. The van der Waals surface area contributed by atoms with Gasteiger partial charge in [0.25, 0.3) is 0 Å². The van der Waals surface area contributed by atoms with E-state index in [1.54, 1.807) is 0 Å². The number of aromatic amines is 1. The zero-order valence-corrected chi connectivity index (χ0v) is 16.5. The Morgan fingerprint density at radius 2 is 1.62 bits per heavy atom. The molecule has 0 saturated carbocycles. The molecule has 0 unspecified atom stereocenters. The van der Waals surface area contributed by atoms with Crippen molar-refractivity contribution in [3.63, 3.8) is 0 Å². The van der Waals surface area contributed by atoms with Crippen LogP contribution in [0.4, 0.5) is 0 Å². The lowest BCUT2D eigenvalue weighted by Crippen LogP contribution is -1.98. The van der Waals surface area contributed by atoms with Gasteiger partial charge in [-0.25, -0.2) is 9.67 Å². The average molecular weight is 407 g/mol. The van der Waals surface area contributed by atoms with E-state index in [4.69, 9.17) is 10.1 Å². The highest BCUT2D eigenvalue weighted by Crippen LogP contribution is 2.30. The molecule has 4 rings (SSSR count). The Balaban J connectivity index is 1.81. The summed E-state index contributed by atoms with van der Waals surface area (Å²) in [6.45, 7) is 6.16. The molecule has 0 saturated heterocycles. The summed E-state index contributed by atoms with van der Waals surface area (Å²) < 4.78 is 3.02. The fourth-order valence-corrected chi connectivity index (χ4v) is 3.54. The molecule has 0 amide bonds. The van der Waals surface area contributed by atoms with Crippen LogP contribution in [0.2, 0.25) is 0 Å². The quantitative estimate of drug-likeness (QED) is 0.479.